The molecule has 29 heavy (non-hydrogen) atoms. The number of nitrogens with zero attached hydrogens (tertiary/aromatic N) is 2. The number of H-pyrrole nitrogens is 1. The summed E-state index contributed by atoms with van der Waals surface area (Å²) in [6, 6.07) is 5.13. The minimum Gasteiger partial charge on any atom is -0.363 e. The molecule has 3 aliphatic rings. The van der Waals surface area contributed by atoms with Crippen LogP contribution in [0, 0.1) is 24.6 Å². The van der Waals surface area contributed by atoms with E-state index in [1.54, 1.807) is 12.1 Å². The maximum Gasteiger partial charge on any atom is 0.284 e. The Labute approximate surface area is 166 Å². The number of nitrogens with two attached hydrogens (primary N) is 1. The van der Waals surface area contributed by atoms with E-state index < -0.39 is 5.91 Å². The largest absolute Gasteiger partial charge is 0.363 e. The number of nitrogens with one attached hydrogen (secondary N) is 1. The van der Waals surface area contributed by atoms with Crippen LogP contribution < -0.4 is 5.73 Å². The molecule has 3 aromatic rings. The summed E-state index contributed by atoms with van der Waals surface area (Å²) >= 11 is 0. The molecule has 146 valence electrons. The fraction of sp³-hybridized carbons (Fsp3) is 0.318. The smallest absolute Gasteiger partial charge is 0.284 e. The van der Waals surface area contributed by atoms with E-state index in [9.17, 15) is 9.18 Å². The Morgan fingerprint density at radius 3 is 2.83 bits per heavy atom. The minimum absolute atomic E-state index is 0.137. The third-order valence-electron chi connectivity index (χ3n) is 5.86. The molecular weight excluding hydrogens is 371 g/mol. The van der Waals surface area contributed by atoms with Crippen molar-refractivity contribution < 1.29 is 13.7 Å². The maximum absolute atomic E-state index is 14.8. The Kier molecular flexibility index (Phi) is 3.85. The van der Waals surface area contributed by atoms with Gasteiger partial charge in [-0.3, -0.25) is 4.79 Å². The molecule has 6 nitrogen and oxygen atoms in total. The highest BCUT2D eigenvalue weighted by molar-refractivity contribution is 5.90. The average Bonchev–Trinajstić information content (AvgIpc) is 3.22. The normalized spacial score (nSPS) is 19.8. The van der Waals surface area contributed by atoms with Crippen LogP contribution in [0.4, 0.5) is 4.39 Å². The van der Waals surface area contributed by atoms with Gasteiger partial charge in [-0.2, -0.15) is 0 Å². The number of aromatic nitrogens is 3. The van der Waals surface area contributed by atoms with Gasteiger partial charge in [0, 0.05) is 23.2 Å². The Morgan fingerprint density at radius 2 is 2.14 bits per heavy atom. The van der Waals surface area contributed by atoms with E-state index in [0.29, 0.717) is 28.6 Å². The van der Waals surface area contributed by atoms with Crippen molar-refractivity contribution in [2.45, 2.75) is 44.4 Å². The molecule has 0 aliphatic heterocycles. The van der Waals surface area contributed by atoms with Crippen molar-refractivity contribution in [1.29, 1.82) is 0 Å². The van der Waals surface area contributed by atoms with Gasteiger partial charge in [0.15, 0.2) is 5.82 Å². The van der Waals surface area contributed by atoms with Crippen molar-refractivity contribution in [3.8, 4) is 23.1 Å². The van der Waals surface area contributed by atoms with Crippen molar-refractivity contribution in [2.24, 2.45) is 5.73 Å². The van der Waals surface area contributed by atoms with Crippen LogP contribution in [0.2, 0.25) is 0 Å². The van der Waals surface area contributed by atoms with Gasteiger partial charge in [-0.05, 0) is 50.3 Å². The summed E-state index contributed by atoms with van der Waals surface area (Å²) in [6.07, 6.45) is 1.82. The number of aromatic amines is 1. The van der Waals surface area contributed by atoms with Crippen LogP contribution in [0.3, 0.4) is 0 Å². The highest BCUT2D eigenvalue weighted by Gasteiger charge is 2.40. The Hall–Kier alpha value is -3.40. The second-order valence-electron chi connectivity index (χ2n) is 7.85. The predicted molar refractivity (Wildman–Crippen MR) is 104 cm³/mol. The molecule has 1 amide bonds. The van der Waals surface area contributed by atoms with Gasteiger partial charge in [0.05, 0.1) is 22.9 Å². The molecule has 0 radical (unpaired) electrons. The van der Waals surface area contributed by atoms with Gasteiger partial charge >= 0.3 is 0 Å². The molecule has 3 aliphatic carbocycles. The van der Waals surface area contributed by atoms with Gasteiger partial charge in [0.25, 0.3) is 5.91 Å². The third-order valence-corrected chi connectivity index (χ3v) is 5.86. The molecule has 0 spiro atoms. The van der Waals surface area contributed by atoms with E-state index in [1.807, 2.05) is 19.9 Å². The van der Waals surface area contributed by atoms with Crippen LogP contribution >= 0.6 is 0 Å². The molecule has 2 aromatic heterocycles. The van der Waals surface area contributed by atoms with Crippen molar-refractivity contribution in [1.82, 2.24) is 15.1 Å². The summed E-state index contributed by atoms with van der Waals surface area (Å²) < 4.78 is 19.9. The van der Waals surface area contributed by atoms with Crippen LogP contribution in [0.5, 0.6) is 0 Å². The zero-order chi connectivity index (χ0) is 20.3. The molecule has 1 aromatic carbocycles. The zero-order valence-electron chi connectivity index (χ0n) is 16.0. The molecule has 1 saturated carbocycles. The molecular formula is C22H19FN4O2. The minimum atomic E-state index is -0.602. The Morgan fingerprint density at radius 1 is 1.34 bits per heavy atom. The Balaban J connectivity index is 1.59. The monoisotopic (exact) mass is 390 g/mol. The van der Waals surface area contributed by atoms with E-state index in [2.05, 4.69) is 27.0 Å². The van der Waals surface area contributed by atoms with E-state index in [0.717, 1.165) is 29.7 Å². The standard InChI is InChI=1S/C22H19FN4O2/c1-10(18-5-11(2)29-27-18)3-4-12-8-16-15(9-17(12)23)13-6-14(7-13)19-20(16)26-22(25-19)21(24)28/h5,8-10,13-14H,6-7H2,1-2H3,(H2,24,28)(H,25,26)/t10-,13?,14?/m0/s1. The first kappa shape index (κ1) is 17.7. The van der Waals surface area contributed by atoms with E-state index in [4.69, 9.17) is 10.3 Å². The third kappa shape index (κ3) is 2.83. The summed E-state index contributed by atoms with van der Waals surface area (Å²) in [5, 5.41) is 3.97. The number of benzene rings is 1. The molecule has 0 unspecified atom stereocenters. The number of aryl methyl sites for hydroxylation is 1. The van der Waals surface area contributed by atoms with E-state index in [-0.39, 0.29) is 23.5 Å². The summed E-state index contributed by atoms with van der Waals surface area (Å²) in [7, 11) is 0. The second-order valence-corrected chi connectivity index (χ2v) is 7.85. The average molecular weight is 390 g/mol. The summed E-state index contributed by atoms with van der Waals surface area (Å²) in [6.45, 7) is 3.71. The molecule has 0 saturated heterocycles. The van der Waals surface area contributed by atoms with Crippen molar-refractivity contribution in [3.05, 3.63) is 58.1 Å². The first-order valence-electron chi connectivity index (χ1n) is 9.59. The van der Waals surface area contributed by atoms with Crippen LogP contribution in [0.1, 0.15) is 76.4 Å². The molecule has 3 N–H and O–H groups in total. The van der Waals surface area contributed by atoms with Gasteiger partial charge in [-0.1, -0.05) is 17.0 Å². The highest BCUT2D eigenvalue weighted by atomic mass is 19.1. The van der Waals surface area contributed by atoms with Gasteiger partial charge in [0.2, 0.25) is 0 Å². The summed E-state index contributed by atoms with van der Waals surface area (Å²) in [4.78, 5) is 19.1. The van der Waals surface area contributed by atoms with Crippen LogP contribution in [0.25, 0.3) is 11.3 Å². The fourth-order valence-electron chi connectivity index (χ4n) is 4.19. The number of carbonyl (C=O) groups is 1. The van der Waals surface area contributed by atoms with E-state index >= 15 is 0 Å². The maximum atomic E-state index is 14.8. The lowest BCUT2D eigenvalue weighted by Gasteiger charge is -2.33. The molecule has 6 rings (SSSR count). The molecule has 7 heteroatoms. The number of halogens is 1. The fourth-order valence-corrected chi connectivity index (χ4v) is 4.19. The first-order chi connectivity index (χ1) is 13.9. The quantitative estimate of drug-likeness (QED) is 0.651. The van der Waals surface area contributed by atoms with Crippen LogP contribution in [-0.4, -0.2) is 21.0 Å². The number of amides is 1. The number of hydrogen-bond donors (Lipinski definition) is 2. The highest BCUT2D eigenvalue weighted by Crippen LogP contribution is 2.55. The number of hydrogen-bond acceptors (Lipinski definition) is 4. The summed E-state index contributed by atoms with van der Waals surface area (Å²) in [5.41, 5.74) is 9.75. The first-order valence-corrected chi connectivity index (χ1v) is 9.59. The van der Waals surface area contributed by atoms with Gasteiger partial charge in [0.1, 0.15) is 11.6 Å². The molecule has 2 bridgehead atoms. The lowest BCUT2D eigenvalue weighted by Crippen LogP contribution is -2.19. The lowest BCUT2D eigenvalue weighted by atomic mass is 9.71. The predicted octanol–water partition coefficient (Wildman–Crippen LogP) is 3.74. The van der Waals surface area contributed by atoms with Gasteiger partial charge in [-0.15, -0.1) is 0 Å². The number of primary amides is 1. The molecule has 2 heterocycles. The SMILES string of the molecule is Cc1cc([C@@H](C)C#Cc2cc3c(cc2F)C2CC(C2)c2[nH]c(C(N)=O)nc2-3)no1. The van der Waals surface area contributed by atoms with Crippen molar-refractivity contribution in [3.63, 3.8) is 0 Å². The van der Waals surface area contributed by atoms with E-state index in [1.165, 1.54) is 0 Å². The number of imidazole rings is 1. The Bertz CT molecular complexity index is 1210. The number of carbonyl (C=O) groups excluding carboxylic acids is 1. The lowest BCUT2D eigenvalue weighted by molar-refractivity contribution is 0.0991. The van der Waals surface area contributed by atoms with Crippen molar-refractivity contribution in [2.75, 3.05) is 0 Å². The topological polar surface area (TPSA) is 97.8 Å². The molecule has 1 atom stereocenters. The van der Waals surface area contributed by atoms with Crippen LogP contribution in [0.15, 0.2) is 22.7 Å². The van der Waals surface area contributed by atoms with Gasteiger partial charge < -0.3 is 15.2 Å². The number of rotatable bonds is 2. The van der Waals surface area contributed by atoms with Crippen molar-refractivity contribution >= 4 is 5.91 Å². The van der Waals surface area contributed by atoms with Gasteiger partial charge in [-0.25, -0.2) is 9.37 Å². The summed E-state index contributed by atoms with van der Waals surface area (Å²) in [5.74, 6) is 6.27. The zero-order valence-corrected chi connectivity index (χ0v) is 16.0. The second kappa shape index (κ2) is 6.31. The molecule has 1 fully saturated rings. The van der Waals surface area contributed by atoms with Crippen LogP contribution in [-0.2, 0) is 0 Å².